The molecule has 138 valence electrons. The molecule has 1 amide bonds. The lowest BCUT2D eigenvalue weighted by Gasteiger charge is -2.10. The zero-order valence-electron chi connectivity index (χ0n) is 13.9. The summed E-state index contributed by atoms with van der Waals surface area (Å²) >= 11 is 4.67. The Morgan fingerprint density at radius 1 is 1.40 bits per heavy atom. The van der Waals surface area contributed by atoms with Crippen molar-refractivity contribution in [1.82, 2.24) is 10.7 Å². The van der Waals surface area contributed by atoms with Crippen LogP contribution in [0.15, 0.2) is 27.8 Å². The molecule has 1 fully saturated rings. The van der Waals surface area contributed by atoms with Gasteiger partial charge in [0.2, 0.25) is 11.0 Å². The third-order valence-corrected chi connectivity index (χ3v) is 4.78. The van der Waals surface area contributed by atoms with Crippen LogP contribution in [0.2, 0.25) is 0 Å². The Morgan fingerprint density at radius 3 is 2.92 bits per heavy atom. The van der Waals surface area contributed by atoms with Crippen LogP contribution >= 0.6 is 28.0 Å². The van der Waals surface area contributed by atoms with Crippen molar-refractivity contribution in [3.8, 4) is 5.75 Å². The molecule has 0 atom stereocenters. The van der Waals surface area contributed by atoms with Gasteiger partial charge in [0.15, 0.2) is 0 Å². The molecule has 0 spiro atoms. The van der Waals surface area contributed by atoms with Crippen molar-refractivity contribution in [2.45, 2.75) is 32.1 Å². The van der Waals surface area contributed by atoms with Crippen LogP contribution in [0.4, 0.5) is 0 Å². The Bertz CT molecular complexity index is 614. The van der Waals surface area contributed by atoms with E-state index < -0.39 is 0 Å². The Kier molecular flexibility index (Phi) is 8.56. The third kappa shape index (κ3) is 6.87. The van der Waals surface area contributed by atoms with Crippen LogP contribution in [0.3, 0.4) is 0 Å². The normalized spacial score (nSPS) is 16.0. The summed E-state index contributed by atoms with van der Waals surface area (Å²) in [7, 11) is 1.63. The SMILES string of the molecule is COc1ccc(C=C2ON(CCCCCCC(=O)NO)OS2)c(Br)c1. The highest BCUT2D eigenvalue weighted by atomic mass is 79.9. The standard InChI is InChI=1S/C16H21BrN2O5S/c1-22-13-8-7-12(14(17)11-13)10-16-23-19(24-25-16)9-5-3-2-4-6-15(20)18-21/h7-8,10-11,21H,2-6,9H2,1H3,(H,18,20). The first kappa shape index (κ1) is 20.1. The monoisotopic (exact) mass is 432 g/mol. The van der Waals surface area contributed by atoms with E-state index in [0.717, 1.165) is 41.5 Å². The van der Waals surface area contributed by atoms with Crippen LogP contribution in [0.5, 0.6) is 5.75 Å². The molecule has 1 heterocycles. The summed E-state index contributed by atoms with van der Waals surface area (Å²) < 4.78 is 11.5. The quantitative estimate of drug-likeness (QED) is 0.263. The number of carbonyl (C=O) groups excluding carboxylic acids is 1. The summed E-state index contributed by atoms with van der Waals surface area (Å²) in [5.74, 6) is 0.436. The Labute approximate surface area is 159 Å². The topological polar surface area (TPSA) is 80.3 Å². The maximum absolute atomic E-state index is 10.9. The minimum atomic E-state index is -0.345. The molecule has 1 aromatic carbocycles. The number of nitrogens with zero attached hydrogens (tertiary/aromatic N) is 1. The van der Waals surface area contributed by atoms with Gasteiger partial charge in [0, 0.05) is 17.0 Å². The molecule has 0 radical (unpaired) electrons. The molecule has 2 rings (SSSR count). The maximum Gasteiger partial charge on any atom is 0.243 e. The highest BCUT2D eigenvalue weighted by Gasteiger charge is 2.21. The Morgan fingerprint density at radius 2 is 2.20 bits per heavy atom. The van der Waals surface area contributed by atoms with Crippen LogP contribution in [0, 0.1) is 0 Å². The van der Waals surface area contributed by atoms with Gasteiger partial charge in [-0.15, -0.1) is 0 Å². The van der Waals surface area contributed by atoms with E-state index in [2.05, 4.69) is 15.9 Å². The smallest absolute Gasteiger partial charge is 0.243 e. The van der Waals surface area contributed by atoms with Crippen LogP contribution in [-0.4, -0.2) is 30.0 Å². The van der Waals surface area contributed by atoms with E-state index in [1.807, 2.05) is 24.3 Å². The molecule has 1 aromatic rings. The van der Waals surface area contributed by atoms with Gasteiger partial charge in [-0.2, -0.15) is 4.28 Å². The number of halogens is 1. The number of hydrogen-bond acceptors (Lipinski definition) is 7. The lowest BCUT2D eigenvalue weighted by Crippen LogP contribution is -2.18. The van der Waals surface area contributed by atoms with E-state index in [-0.39, 0.29) is 5.91 Å². The van der Waals surface area contributed by atoms with Crippen molar-refractivity contribution in [2.24, 2.45) is 0 Å². The largest absolute Gasteiger partial charge is 0.497 e. The van der Waals surface area contributed by atoms with E-state index in [1.165, 1.54) is 17.3 Å². The predicted molar refractivity (Wildman–Crippen MR) is 98.2 cm³/mol. The number of amides is 1. The second-order valence-electron chi connectivity index (χ2n) is 5.36. The lowest BCUT2D eigenvalue weighted by atomic mass is 10.1. The number of benzene rings is 1. The van der Waals surface area contributed by atoms with Crippen molar-refractivity contribution in [3.63, 3.8) is 0 Å². The van der Waals surface area contributed by atoms with Crippen molar-refractivity contribution in [3.05, 3.63) is 33.3 Å². The molecule has 0 aromatic heterocycles. The highest BCUT2D eigenvalue weighted by molar-refractivity contribution is 9.10. The number of rotatable bonds is 9. The molecule has 7 nitrogen and oxygen atoms in total. The van der Waals surface area contributed by atoms with E-state index >= 15 is 0 Å². The Balaban J connectivity index is 1.70. The lowest BCUT2D eigenvalue weighted by molar-refractivity contribution is -0.259. The molecule has 1 aliphatic heterocycles. The van der Waals surface area contributed by atoms with Crippen LogP contribution < -0.4 is 10.2 Å². The zero-order chi connectivity index (χ0) is 18.1. The molecule has 0 aliphatic carbocycles. The first-order valence-electron chi connectivity index (χ1n) is 7.90. The number of carbonyl (C=O) groups is 1. The summed E-state index contributed by atoms with van der Waals surface area (Å²) in [5.41, 5.74) is 2.60. The number of hydroxylamine groups is 3. The maximum atomic E-state index is 10.9. The number of methoxy groups -OCH3 is 1. The van der Waals surface area contributed by atoms with Crippen molar-refractivity contribution >= 4 is 40.0 Å². The van der Waals surface area contributed by atoms with E-state index in [0.29, 0.717) is 18.1 Å². The predicted octanol–water partition coefficient (Wildman–Crippen LogP) is 4.04. The second kappa shape index (κ2) is 10.7. The first-order valence-corrected chi connectivity index (χ1v) is 9.44. The number of ether oxygens (including phenoxy) is 1. The van der Waals surface area contributed by atoms with Gasteiger partial charge < -0.3 is 9.57 Å². The van der Waals surface area contributed by atoms with Crippen molar-refractivity contribution in [1.29, 1.82) is 0 Å². The summed E-state index contributed by atoms with van der Waals surface area (Å²) in [6.07, 6.45) is 5.74. The average Bonchev–Trinajstić information content (AvgIpc) is 3.06. The van der Waals surface area contributed by atoms with Crippen LogP contribution in [-0.2, 0) is 13.9 Å². The Hall–Kier alpha value is -1.26. The van der Waals surface area contributed by atoms with Crippen LogP contribution in [0.25, 0.3) is 6.08 Å². The van der Waals surface area contributed by atoms with Gasteiger partial charge in [0.05, 0.1) is 25.7 Å². The van der Waals surface area contributed by atoms with Gasteiger partial charge in [-0.05, 0) is 35.8 Å². The molecule has 0 bridgehead atoms. The van der Waals surface area contributed by atoms with Crippen molar-refractivity contribution < 1.29 is 23.9 Å². The van der Waals surface area contributed by atoms with Crippen LogP contribution in [0.1, 0.15) is 37.7 Å². The fraction of sp³-hybridized carbons (Fsp3) is 0.438. The molecular weight excluding hydrogens is 412 g/mol. The zero-order valence-corrected chi connectivity index (χ0v) is 16.3. The summed E-state index contributed by atoms with van der Waals surface area (Å²) in [4.78, 5) is 16.5. The summed E-state index contributed by atoms with van der Waals surface area (Å²) in [6.45, 7) is 0.639. The van der Waals surface area contributed by atoms with E-state index in [4.69, 9.17) is 19.1 Å². The van der Waals surface area contributed by atoms with E-state index in [9.17, 15) is 4.79 Å². The van der Waals surface area contributed by atoms with Gasteiger partial charge in [-0.1, -0.05) is 34.8 Å². The average molecular weight is 433 g/mol. The second-order valence-corrected chi connectivity index (χ2v) is 6.93. The molecule has 0 saturated carbocycles. The molecule has 25 heavy (non-hydrogen) atoms. The summed E-state index contributed by atoms with van der Waals surface area (Å²) in [6, 6.07) is 5.71. The number of nitrogens with one attached hydrogen (secondary N) is 1. The molecule has 9 heteroatoms. The minimum absolute atomic E-state index is 0.340. The van der Waals surface area contributed by atoms with Gasteiger partial charge in [0.25, 0.3) is 0 Å². The summed E-state index contributed by atoms with van der Waals surface area (Å²) in [5, 5.41) is 10.5. The molecule has 2 N–H and O–H groups in total. The van der Waals surface area contributed by atoms with Gasteiger partial charge >= 0.3 is 0 Å². The van der Waals surface area contributed by atoms with Gasteiger partial charge in [-0.3, -0.25) is 10.0 Å². The fourth-order valence-electron chi connectivity index (χ4n) is 2.16. The molecule has 0 unspecified atom stereocenters. The van der Waals surface area contributed by atoms with Gasteiger partial charge in [0.1, 0.15) is 5.75 Å². The van der Waals surface area contributed by atoms with E-state index in [1.54, 1.807) is 12.6 Å². The third-order valence-electron chi connectivity index (χ3n) is 3.49. The molecular formula is C16H21BrN2O5S. The minimum Gasteiger partial charge on any atom is -0.497 e. The highest BCUT2D eigenvalue weighted by Crippen LogP contribution is 2.33. The number of hydrogen-bond donors (Lipinski definition) is 2. The first-order chi connectivity index (χ1) is 12.1. The molecule has 1 saturated heterocycles. The molecule has 1 aliphatic rings. The van der Waals surface area contributed by atoms with Gasteiger partial charge in [-0.25, -0.2) is 5.48 Å². The number of unbranched alkanes of at least 4 members (excludes halogenated alkanes) is 3. The van der Waals surface area contributed by atoms with Crippen molar-refractivity contribution in [2.75, 3.05) is 13.7 Å². The fourth-order valence-corrected chi connectivity index (χ4v) is 3.18.